The molecule has 0 unspecified atom stereocenters. The molecule has 2 aromatic carbocycles. The van der Waals surface area contributed by atoms with Crippen LogP contribution in [0.5, 0.6) is 0 Å². The first-order chi connectivity index (χ1) is 8.65. The Balaban J connectivity index is 2.64. The average Bonchev–Trinajstić information content (AvgIpc) is 2.39. The average molecular weight is 240 g/mol. The normalized spacial score (nSPS) is 10.3. The highest BCUT2D eigenvalue weighted by atomic mass is 16.4. The number of carboxylic acid groups (broad SMARTS) is 1. The van der Waals surface area contributed by atoms with Crippen LogP contribution >= 0.6 is 0 Å². The monoisotopic (exact) mass is 240 g/mol. The zero-order valence-corrected chi connectivity index (χ0v) is 10.6. The van der Waals surface area contributed by atoms with E-state index in [1.54, 1.807) is 6.07 Å². The zero-order chi connectivity index (χ0) is 13.1. The van der Waals surface area contributed by atoms with Crippen molar-refractivity contribution in [2.75, 3.05) is 0 Å². The van der Waals surface area contributed by atoms with Crippen LogP contribution in [0.4, 0.5) is 0 Å². The van der Waals surface area contributed by atoms with Gasteiger partial charge in [0.2, 0.25) is 0 Å². The first-order valence-electron chi connectivity index (χ1n) is 6.06. The molecule has 0 saturated carbocycles. The lowest BCUT2D eigenvalue weighted by atomic mass is 9.91. The Morgan fingerprint density at radius 2 is 1.78 bits per heavy atom. The van der Waals surface area contributed by atoms with Gasteiger partial charge in [-0.3, -0.25) is 0 Å². The molecule has 0 aliphatic rings. The van der Waals surface area contributed by atoms with Gasteiger partial charge in [0, 0.05) is 0 Å². The topological polar surface area (TPSA) is 37.3 Å². The quantitative estimate of drug-likeness (QED) is 0.882. The van der Waals surface area contributed by atoms with E-state index in [1.807, 2.05) is 43.3 Å². The molecule has 0 fully saturated rings. The molecule has 92 valence electrons. The summed E-state index contributed by atoms with van der Waals surface area (Å²) in [4.78, 5) is 11.1. The van der Waals surface area contributed by atoms with Crippen molar-refractivity contribution in [3.63, 3.8) is 0 Å². The van der Waals surface area contributed by atoms with Crippen molar-refractivity contribution >= 4 is 5.97 Å². The van der Waals surface area contributed by atoms with Crippen LogP contribution in [0.15, 0.2) is 42.5 Å². The standard InChI is InChI=1S/C16H16O2/c1-3-13-11(2)14(16(17)18)9-10-15(13)12-7-5-4-6-8-12/h4-10H,3H2,1-2H3,(H,17,18). The Hall–Kier alpha value is -2.09. The van der Waals surface area contributed by atoms with E-state index in [4.69, 9.17) is 5.11 Å². The number of carbonyl (C=O) groups is 1. The summed E-state index contributed by atoms with van der Waals surface area (Å²) in [5.41, 5.74) is 4.63. The third-order valence-corrected chi connectivity index (χ3v) is 3.27. The van der Waals surface area contributed by atoms with Crippen molar-refractivity contribution in [1.29, 1.82) is 0 Å². The molecule has 0 spiro atoms. The third kappa shape index (κ3) is 2.14. The van der Waals surface area contributed by atoms with Gasteiger partial charge in [0.25, 0.3) is 0 Å². The first-order valence-corrected chi connectivity index (χ1v) is 6.06. The molecule has 2 heteroatoms. The fourth-order valence-electron chi connectivity index (χ4n) is 2.33. The second kappa shape index (κ2) is 5.05. The summed E-state index contributed by atoms with van der Waals surface area (Å²) in [5, 5.41) is 9.15. The summed E-state index contributed by atoms with van der Waals surface area (Å²) >= 11 is 0. The molecule has 2 nitrogen and oxygen atoms in total. The molecule has 0 aliphatic carbocycles. The van der Waals surface area contributed by atoms with Crippen LogP contribution in [0.1, 0.15) is 28.4 Å². The highest BCUT2D eigenvalue weighted by molar-refractivity contribution is 5.91. The fraction of sp³-hybridized carbons (Fsp3) is 0.188. The van der Waals surface area contributed by atoms with Crippen LogP contribution in [0, 0.1) is 6.92 Å². The third-order valence-electron chi connectivity index (χ3n) is 3.27. The van der Waals surface area contributed by atoms with Crippen molar-refractivity contribution in [1.82, 2.24) is 0 Å². The molecule has 0 heterocycles. The van der Waals surface area contributed by atoms with Gasteiger partial charge in [-0.15, -0.1) is 0 Å². The number of aromatic carboxylic acids is 1. The minimum absolute atomic E-state index is 0.395. The Kier molecular flexibility index (Phi) is 3.47. The first kappa shape index (κ1) is 12.4. The Labute approximate surface area is 107 Å². The lowest BCUT2D eigenvalue weighted by Gasteiger charge is -2.13. The molecule has 0 atom stereocenters. The second-order valence-corrected chi connectivity index (χ2v) is 4.29. The van der Waals surface area contributed by atoms with E-state index in [-0.39, 0.29) is 0 Å². The van der Waals surface area contributed by atoms with Gasteiger partial charge < -0.3 is 5.11 Å². The maximum Gasteiger partial charge on any atom is 0.335 e. The highest BCUT2D eigenvalue weighted by Crippen LogP contribution is 2.28. The maximum atomic E-state index is 11.1. The molecule has 0 aliphatic heterocycles. The molecular weight excluding hydrogens is 224 g/mol. The van der Waals surface area contributed by atoms with E-state index in [2.05, 4.69) is 6.92 Å². The summed E-state index contributed by atoms with van der Waals surface area (Å²) in [6.07, 6.45) is 0.831. The number of rotatable bonds is 3. The molecule has 18 heavy (non-hydrogen) atoms. The van der Waals surface area contributed by atoms with Crippen LogP contribution in [0.25, 0.3) is 11.1 Å². The summed E-state index contributed by atoms with van der Waals surface area (Å²) in [7, 11) is 0. The number of carboxylic acids is 1. The number of hydrogen-bond acceptors (Lipinski definition) is 1. The van der Waals surface area contributed by atoms with Gasteiger partial charge in [-0.1, -0.05) is 43.3 Å². The van der Waals surface area contributed by atoms with E-state index in [0.29, 0.717) is 5.56 Å². The van der Waals surface area contributed by atoms with E-state index in [1.165, 1.54) is 0 Å². The molecular formula is C16H16O2. The van der Waals surface area contributed by atoms with Gasteiger partial charge in [0.15, 0.2) is 0 Å². The van der Waals surface area contributed by atoms with Gasteiger partial charge >= 0.3 is 5.97 Å². The Bertz CT molecular complexity index is 571. The summed E-state index contributed by atoms with van der Waals surface area (Å²) < 4.78 is 0. The molecule has 0 bridgehead atoms. The van der Waals surface area contributed by atoms with Gasteiger partial charge in [0.1, 0.15) is 0 Å². The van der Waals surface area contributed by atoms with Crippen molar-refractivity contribution in [2.24, 2.45) is 0 Å². The molecule has 2 aromatic rings. The fourth-order valence-corrected chi connectivity index (χ4v) is 2.33. The van der Waals surface area contributed by atoms with Crippen molar-refractivity contribution in [3.8, 4) is 11.1 Å². The lowest BCUT2D eigenvalue weighted by Crippen LogP contribution is -2.03. The lowest BCUT2D eigenvalue weighted by molar-refractivity contribution is 0.0696. The minimum atomic E-state index is -0.859. The summed E-state index contributed by atoms with van der Waals surface area (Å²) in [5.74, 6) is -0.859. The minimum Gasteiger partial charge on any atom is -0.478 e. The SMILES string of the molecule is CCc1c(-c2ccccc2)ccc(C(=O)O)c1C. The van der Waals surface area contributed by atoms with Crippen molar-refractivity contribution in [2.45, 2.75) is 20.3 Å². The van der Waals surface area contributed by atoms with Crippen molar-refractivity contribution in [3.05, 3.63) is 59.2 Å². The van der Waals surface area contributed by atoms with E-state index >= 15 is 0 Å². The molecule has 0 aromatic heterocycles. The van der Waals surface area contributed by atoms with E-state index < -0.39 is 5.97 Å². The van der Waals surface area contributed by atoms with Crippen LogP contribution in [0.3, 0.4) is 0 Å². The molecule has 1 N–H and O–H groups in total. The van der Waals surface area contributed by atoms with Gasteiger partial charge in [-0.2, -0.15) is 0 Å². The smallest absolute Gasteiger partial charge is 0.335 e. The van der Waals surface area contributed by atoms with Crippen molar-refractivity contribution < 1.29 is 9.90 Å². The predicted octanol–water partition coefficient (Wildman–Crippen LogP) is 3.92. The van der Waals surface area contributed by atoms with Gasteiger partial charge in [0.05, 0.1) is 5.56 Å². The van der Waals surface area contributed by atoms with E-state index in [9.17, 15) is 4.79 Å². The summed E-state index contributed by atoms with van der Waals surface area (Å²) in [6.45, 7) is 3.94. The van der Waals surface area contributed by atoms with Crippen LogP contribution in [-0.2, 0) is 6.42 Å². The predicted molar refractivity (Wildman–Crippen MR) is 73.0 cm³/mol. The molecule has 2 rings (SSSR count). The Morgan fingerprint density at radius 3 is 2.33 bits per heavy atom. The molecule has 0 amide bonds. The number of hydrogen-bond donors (Lipinski definition) is 1. The largest absolute Gasteiger partial charge is 0.478 e. The number of benzene rings is 2. The maximum absolute atomic E-state index is 11.1. The zero-order valence-electron chi connectivity index (χ0n) is 10.6. The van der Waals surface area contributed by atoms with Crippen LogP contribution in [0.2, 0.25) is 0 Å². The van der Waals surface area contributed by atoms with E-state index in [0.717, 1.165) is 28.7 Å². The van der Waals surface area contributed by atoms with Crippen LogP contribution < -0.4 is 0 Å². The Morgan fingerprint density at radius 1 is 1.11 bits per heavy atom. The highest BCUT2D eigenvalue weighted by Gasteiger charge is 2.13. The second-order valence-electron chi connectivity index (χ2n) is 4.29. The van der Waals surface area contributed by atoms with Gasteiger partial charge in [-0.25, -0.2) is 4.79 Å². The summed E-state index contributed by atoms with van der Waals surface area (Å²) in [6, 6.07) is 13.7. The molecule has 0 saturated heterocycles. The van der Waals surface area contributed by atoms with Crippen LogP contribution in [-0.4, -0.2) is 11.1 Å². The van der Waals surface area contributed by atoms with Gasteiger partial charge in [-0.05, 0) is 41.7 Å². The molecule has 0 radical (unpaired) electrons.